The molecular formula is C28H27N3O3. The van der Waals surface area contributed by atoms with E-state index in [2.05, 4.69) is 4.99 Å². The Labute approximate surface area is 199 Å². The van der Waals surface area contributed by atoms with Crippen LogP contribution < -0.4 is 9.47 Å². The van der Waals surface area contributed by atoms with Gasteiger partial charge in [-0.1, -0.05) is 18.2 Å². The molecule has 0 atom stereocenters. The maximum Gasteiger partial charge on any atom is 0.202 e. The quantitative estimate of drug-likeness (QED) is 0.243. The maximum atomic E-state index is 13.3. The van der Waals surface area contributed by atoms with Crippen molar-refractivity contribution in [1.82, 2.24) is 9.78 Å². The minimum atomic E-state index is -0.110. The number of ether oxygens (including phenoxy) is 2. The van der Waals surface area contributed by atoms with Gasteiger partial charge in [0.1, 0.15) is 23.7 Å². The lowest BCUT2D eigenvalue weighted by Gasteiger charge is -2.07. The van der Waals surface area contributed by atoms with Gasteiger partial charge in [-0.25, -0.2) is 4.68 Å². The van der Waals surface area contributed by atoms with Gasteiger partial charge < -0.3 is 9.47 Å². The predicted molar refractivity (Wildman–Crippen MR) is 135 cm³/mol. The summed E-state index contributed by atoms with van der Waals surface area (Å²) in [6.07, 6.45) is 0. The lowest BCUT2D eigenvalue weighted by atomic mass is 10.1. The van der Waals surface area contributed by atoms with Crippen molar-refractivity contribution in [2.75, 3.05) is 20.3 Å². The Morgan fingerprint density at radius 3 is 2.26 bits per heavy atom. The molecule has 34 heavy (non-hydrogen) atoms. The van der Waals surface area contributed by atoms with Crippen LogP contribution in [0.2, 0.25) is 0 Å². The summed E-state index contributed by atoms with van der Waals surface area (Å²) in [4.78, 5) is 17.8. The van der Waals surface area contributed by atoms with Crippen LogP contribution in [0.1, 0.15) is 29.9 Å². The molecule has 0 saturated heterocycles. The normalized spacial score (nSPS) is 11.3. The summed E-state index contributed by atoms with van der Waals surface area (Å²) in [7, 11) is 1.63. The van der Waals surface area contributed by atoms with Gasteiger partial charge in [0.2, 0.25) is 5.78 Å². The molecule has 3 aromatic carbocycles. The predicted octanol–water partition coefficient (Wildman–Crippen LogP) is 5.64. The highest BCUT2D eigenvalue weighted by atomic mass is 16.5. The Balaban J connectivity index is 1.61. The fourth-order valence-electron chi connectivity index (χ4n) is 3.57. The van der Waals surface area contributed by atoms with Gasteiger partial charge in [0, 0.05) is 11.3 Å². The van der Waals surface area contributed by atoms with E-state index < -0.39 is 0 Å². The van der Waals surface area contributed by atoms with E-state index in [1.807, 2.05) is 98.8 Å². The molecule has 4 aromatic rings. The zero-order valence-electron chi connectivity index (χ0n) is 19.6. The van der Waals surface area contributed by atoms with Crippen molar-refractivity contribution in [3.8, 4) is 28.4 Å². The summed E-state index contributed by atoms with van der Waals surface area (Å²) in [5.74, 6) is 1.47. The molecule has 0 fully saturated rings. The number of methoxy groups -OCH3 is 1. The van der Waals surface area contributed by atoms with E-state index in [0.29, 0.717) is 18.0 Å². The van der Waals surface area contributed by atoms with Gasteiger partial charge in [-0.3, -0.25) is 9.79 Å². The number of Topliss-reactive ketones (excluding diaryl/α,β-unsaturated/α-hetero) is 1. The summed E-state index contributed by atoms with van der Waals surface area (Å²) in [6.45, 7) is 4.50. The van der Waals surface area contributed by atoms with Crippen molar-refractivity contribution in [3.05, 3.63) is 96.2 Å². The second-order valence-electron chi connectivity index (χ2n) is 7.67. The molecule has 0 spiro atoms. The molecule has 0 N–H and O–H groups in total. The smallest absolute Gasteiger partial charge is 0.202 e. The lowest BCUT2D eigenvalue weighted by Crippen LogP contribution is -2.12. The Morgan fingerprint density at radius 1 is 0.941 bits per heavy atom. The molecule has 0 unspecified atom stereocenters. The number of hydrogen-bond acceptors (Lipinski definition) is 5. The highest BCUT2D eigenvalue weighted by Crippen LogP contribution is 2.24. The Kier molecular flexibility index (Phi) is 7.18. The number of rotatable bonds is 9. The van der Waals surface area contributed by atoms with Gasteiger partial charge in [-0.05, 0) is 86.1 Å². The summed E-state index contributed by atoms with van der Waals surface area (Å²) < 4.78 is 12.4. The lowest BCUT2D eigenvalue weighted by molar-refractivity contribution is 0.0994. The Hall–Kier alpha value is -4.19. The minimum absolute atomic E-state index is 0.0274. The number of nitrogens with zero attached hydrogens (tertiary/aromatic N) is 3. The van der Waals surface area contributed by atoms with Crippen LogP contribution in [0.15, 0.2) is 89.9 Å². The van der Waals surface area contributed by atoms with Crippen LogP contribution in [-0.2, 0) is 0 Å². The van der Waals surface area contributed by atoms with Crippen molar-refractivity contribution >= 4 is 11.5 Å². The molecule has 0 saturated carbocycles. The number of para-hydroxylation sites is 1. The molecule has 4 rings (SSSR count). The number of aromatic nitrogens is 2. The second kappa shape index (κ2) is 10.6. The van der Waals surface area contributed by atoms with E-state index >= 15 is 0 Å². The largest absolute Gasteiger partial charge is 0.497 e. The van der Waals surface area contributed by atoms with Gasteiger partial charge >= 0.3 is 0 Å². The third-order valence-electron chi connectivity index (χ3n) is 5.42. The van der Waals surface area contributed by atoms with Gasteiger partial charge in [0.15, 0.2) is 0 Å². The SMILES string of the molecule is CCOc1ccc(C(C)=NCC(=O)c2cc(-c3ccc(OC)cc3)nn2-c2ccccc2)cc1. The van der Waals surface area contributed by atoms with Gasteiger partial charge in [0.25, 0.3) is 0 Å². The number of benzene rings is 3. The zero-order chi connectivity index (χ0) is 23.9. The number of aliphatic imine (C=N–C) groups is 1. The van der Waals surface area contributed by atoms with Crippen molar-refractivity contribution in [2.45, 2.75) is 13.8 Å². The fraction of sp³-hybridized carbons (Fsp3) is 0.179. The zero-order valence-corrected chi connectivity index (χ0v) is 19.6. The molecule has 0 bridgehead atoms. The molecule has 0 radical (unpaired) electrons. The molecule has 1 aromatic heterocycles. The number of hydrogen-bond donors (Lipinski definition) is 0. The van der Waals surface area contributed by atoms with Crippen LogP contribution in [0.3, 0.4) is 0 Å². The standard InChI is InChI=1S/C28H27N3O3/c1-4-34-25-16-10-21(11-17-25)20(2)29-19-28(32)27-18-26(22-12-14-24(33-3)15-13-22)30-31(27)23-8-6-5-7-9-23/h5-18H,4,19H2,1-3H3. The van der Waals surface area contributed by atoms with E-state index in [-0.39, 0.29) is 12.3 Å². The molecule has 0 aliphatic heterocycles. The molecule has 6 nitrogen and oxygen atoms in total. The van der Waals surface area contributed by atoms with Crippen molar-refractivity contribution < 1.29 is 14.3 Å². The topological polar surface area (TPSA) is 65.7 Å². The van der Waals surface area contributed by atoms with E-state index in [9.17, 15) is 4.79 Å². The first-order valence-corrected chi connectivity index (χ1v) is 11.2. The highest BCUT2D eigenvalue weighted by molar-refractivity contribution is 6.03. The maximum absolute atomic E-state index is 13.3. The minimum Gasteiger partial charge on any atom is -0.497 e. The summed E-state index contributed by atoms with van der Waals surface area (Å²) >= 11 is 0. The van der Waals surface area contributed by atoms with Crippen LogP contribution in [-0.4, -0.2) is 41.5 Å². The highest BCUT2D eigenvalue weighted by Gasteiger charge is 2.17. The Bertz CT molecular complexity index is 1270. The summed E-state index contributed by atoms with van der Waals surface area (Å²) in [5, 5.41) is 4.73. The molecule has 1 heterocycles. The van der Waals surface area contributed by atoms with Gasteiger partial charge in [-0.2, -0.15) is 5.10 Å². The average molecular weight is 454 g/mol. The van der Waals surface area contributed by atoms with Crippen LogP contribution >= 0.6 is 0 Å². The van der Waals surface area contributed by atoms with Crippen molar-refractivity contribution in [1.29, 1.82) is 0 Å². The number of carbonyl (C=O) groups excluding carboxylic acids is 1. The number of ketones is 1. The van der Waals surface area contributed by atoms with E-state index in [4.69, 9.17) is 14.6 Å². The third kappa shape index (κ3) is 5.23. The fourth-order valence-corrected chi connectivity index (χ4v) is 3.57. The van der Waals surface area contributed by atoms with Gasteiger partial charge in [0.05, 0.1) is 25.1 Å². The van der Waals surface area contributed by atoms with Crippen molar-refractivity contribution in [3.63, 3.8) is 0 Å². The van der Waals surface area contributed by atoms with Crippen LogP contribution in [0.4, 0.5) is 0 Å². The first-order valence-electron chi connectivity index (χ1n) is 11.2. The van der Waals surface area contributed by atoms with E-state index in [1.54, 1.807) is 11.8 Å². The van der Waals surface area contributed by atoms with Crippen LogP contribution in [0.25, 0.3) is 16.9 Å². The molecular weight excluding hydrogens is 426 g/mol. The second-order valence-corrected chi connectivity index (χ2v) is 7.67. The van der Waals surface area contributed by atoms with Gasteiger partial charge in [-0.15, -0.1) is 0 Å². The van der Waals surface area contributed by atoms with Crippen molar-refractivity contribution in [2.24, 2.45) is 4.99 Å². The molecule has 0 aliphatic rings. The first-order chi connectivity index (χ1) is 16.6. The molecule has 6 heteroatoms. The third-order valence-corrected chi connectivity index (χ3v) is 5.42. The molecule has 172 valence electrons. The van der Waals surface area contributed by atoms with E-state index in [0.717, 1.165) is 34.0 Å². The monoisotopic (exact) mass is 453 g/mol. The van der Waals surface area contributed by atoms with Crippen LogP contribution in [0.5, 0.6) is 11.5 Å². The number of carbonyl (C=O) groups is 1. The average Bonchev–Trinajstić information content (AvgIpc) is 3.34. The van der Waals surface area contributed by atoms with Crippen LogP contribution in [0, 0.1) is 0 Å². The van der Waals surface area contributed by atoms with E-state index in [1.165, 1.54) is 0 Å². The molecule has 0 aliphatic carbocycles. The Morgan fingerprint density at radius 2 is 1.62 bits per heavy atom. The summed E-state index contributed by atoms with van der Waals surface area (Å²) in [5.41, 5.74) is 4.66. The molecule has 0 amide bonds. The summed E-state index contributed by atoms with van der Waals surface area (Å²) in [6, 6.07) is 26.8. The first kappa shape index (κ1) is 23.0.